The minimum Gasteiger partial charge on any atom is -0.337 e. The molecule has 1 atom stereocenters. The molecule has 0 saturated carbocycles. The highest BCUT2D eigenvalue weighted by Crippen LogP contribution is 2.12. The van der Waals surface area contributed by atoms with Gasteiger partial charge in [0.05, 0.1) is 11.4 Å². The highest BCUT2D eigenvalue weighted by atomic mass is 15.3. The molecule has 1 N–H and O–H groups in total. The summed E-state index contributed by atoms with van der Waals surface area (Å²) < 4.78 is 0. The second-order valence-corrected chi connectivity index (χ2v) is 4.51. The molecule has 1 fully saturated rings. The minimum absolute atomic E-state index is 0.489. The maximum absolute atomic E-state index is 4.64. The Balaban J connectivity index is 2.20. The van der Waals surface area contributed by atoms with Gasteiger partial charge in [-0.3, -0.25) is 0 Å². The highest BCUT2D eigenvalue weighted by molar-refractivity contribution is 5.31. The van der Waals surface area contributed by atoms with Crippen molar-refractivity contribution in [2.45, 2.75) is 39.7 Å². The van der Waals surface area contributed by atoms with Gasteiger partial charge in [0.2, 0.25) is 5.95 Å². The number of hydrogen-bond acceptors (Lipinski definition) is 5. The smallest absolute Gasteiger partial charge is 0.245 e. The van der Waals surface area contributed by atoms with Crippen LogP contribution in [0.2, 0.25) is 0 Å². The second-order valence-electron chi connectivity index (χ2n) is 4.51. The van der Waals surface area contributed by atoms with E-state index in [-0.39, 0.29) is 0 Å². The van der Waals surface area contributed by atoms with Gasteiger partial charge in [-0.15, -0.1) is 5.10 Å². The third-order valence-electron chi connectivity index (χ3n) is 3.15. The Labute approximate surface area is 103 Å². The molecule has 5 heteroatoms. The normalized spacial score (nSPS) is 20.6. The first-order valence-electron chi connectivity index (χ1n) is 6.45. The third kappa shape index (κ3) is 2.72. The van der Waals surface area contributed by atoms with E-state index in [0.29, 0.717) is 6.04 Å². The van der Waals surface area contributed by atoms with Crippen LogP contribution in [0.3, 0.4) is 0 Å². The molecular weight excluding hydrogens is 214 g/mol. The van der Waals surface area contributed by atoms with E-state index in [1.807, 2.05) is 0 Å². The molecule has 0 amide bonds. The van der Waals surface area contributed by atoms with Gasteiger partial charge in [-0.05, 0) is 19.8 Å². The molecule has 0 unspecified atom stereocenters. The molecule has 1 aromatic rings. The van der Waals surface area contributed by atoms with Crippen molar-refractivity contribution in [1.82, 2.24) is 20.5 Å². The number of rotatable bonds is 3. The molecule has 17 heavy (non-hydrogen) atoms. The van der Waals surface area contributed by atoms with Gasteiger partial charge in [0.1, 0.15) is 0 Å². The molecule has 2 heterocycles. The van der Waals surface area contributed by atoms with Crippen molar-refractivity contribution < 1.29 is 0 Å². The van der Waals surface area contributed by atoms with Gasteiger partial charge in [-0.25, -0.2) is 4.98 Å². The van der Waals surface area contributed by atoms with E-state index in [0.717, 1.165) is 49.8 Å². The molecule has 0 aromatic carbocycles. The summed E-state index contributed by atoms with van der Waals surface area (Å²) in [4.78, 5) is 6.86. The summed E-state index contributed by atoms with van der Waals surface area (Å²) in [5.41, 5.74) is 2.11. The Morgan fingerprint density at radius 1 is 1.24 bits per heavy atom. The number of anilines is 1. The number of aromatic nitrogens is 3. The zero-order valence-electron chi connectivity index (χ0n) is 10.9. The van der Waals surface area contributed by atoms with Crippen molar-refractivity contribution >= 4 is 5.95 Å². The average molecular weight is 235 g/mol. The standard InChI is InChI=1S/C12H21N5/c1-4-10-11(5-2)15-16-12(14-10)17-7-6-13-9(3)8-17/h9,13H,4-8H2,1-3H3/t9-/m0/s1. The molecule has 1 saturated heterocycles. The predicted molar refractivity (Wildman–Crippen MR) is 68.3 cm³/mol. The number of aryl methyl sites for hydroxylation is 2. The second kappa shape index (κ2) is 5.40. The largest absolute Gasteiger partial charge is 0.337 e. The van der Waals surface area contributed by atoms with Crippen LogP contribution in [0.15, 0.2) is 0 Å². The first kappa shape index (κ1) is 12.2. The van der Waals surface area contributed by atoms with Gasteiger partial charge < -0.3 is 10.2 Å². The monoisotopic (exact) mass is 235 g/mol. The van der Waals surface area contributed by atoms with Crippen LogP contribution in [0.5, 0.6) is 0 Å². The zero-order chi connectivity index (χ0) is 12.3. The highest BCUT2D eigenvalue weighted by Gasteiger charge is 2.19. The van der Waals surface area contributed by atoms with Crippen LogP contribution in [-0.2, 0) is 12.8 Å². The maximum atomic E-state index is 4.64. The molecule has 1 aliphatic rings. The Morgan fingerprint density at radius 2 is 2.00 bits per heavy atom. The molecule has 0 bridgehead atoms. The van der Waals surface area contributed by atoms with E-state index in [4.69, 9.17) is 0 Å². The molecule has 94 valence electrons. The first-order chi connectivity index (χ1) is 8.24. The van der Waals surface area contributed by atoms with Gasteiger partial charge in [-0.2, -0.15) is 5.10 Å². The van der Waals surface area contributed by atoms with E-state index >= 15 is 0 Å². The van der Waals surface area contributed by atoms with Crippen molar-refractivity contribution in [2.75, 3.05) is 24.5 Å². The van der Waals surface area contributed by atoms with E-state index in [1.54, 1.807) is 0 Å². The van der Waals surface area contributed by atoms with Gasteiger partial charge in [-0.1, -0.05) is 13.8 Å². The van der Waals surface area contributed by atoms with Crippen molar-refractivity contribution in [3.63, 3.8) is 0 Å². The summed E-state index contributed by atoms with van der Waals surface area (Å²) in [6, 6.07) is 0.489. The van der Waals surface area contributed by atoms with E-state index in [2.05, 4.69) is 46.2 Å². The lowest BCUT2D eigenvalue weighted by atomic mass is 10.2. The van der Waals surface area contributed by atoms with Gasteiger partial charge in [0, 0.05) is 25.7 Å². The summed E-state index contributed by atoms with van der Waals surface area (Å²) in [5, 5.41) is 12.0. The fraction of sp³-hybridized carbons (Fsp3) is 0.750. The maximum Gasteiger partial charge on any atom is 0.245 e. The molecule has 5 nitrogen and oxygen atoms in total. The molecule has 0 radical (unpaired) electrons. The topological polar surface area (TPSA) is 53.9 Å². The Bertz CT molecular complexity index is 379. The van der Waals surface area contributed by atoms with Crippen molar-refractivity contribution in [3.05, 3.63) is 11.4 Å². The molecular formula is C12H21N5. The Hall–Kier alpha value is -1.23. The lowest BCUT2D eigenvalue weighted by molar-refractivity contribution is 0.477. The first-order valence-corrected chi connectivity index (χ1v) is 6.45. The summed E-state index contributed by atoms with van der Waals surface area (Å²) in [5.74, 6) is 0.785. The summed E-state index contributed by atoms with van der Waals surface area (Å²) >= 11 is 0. The van der Waals surface area contributed by atoms with Crippen LogP contribution in [0, 0.1) is 0 Å². The summed E-state index contributed by atoms with van der Waals surface area (Å²) in [7, 11) is 0. The van der Waals surface area contributed by atoms with Gasteiger partial charge in [0.25, 0.3) is 0 Å². The molecule has 2 rings (SSSR count). The number of nitrogens with one attached hydrogen (secondary N) is 1. The summed E-state index contributed by atoms with van der Waals surface area (Å²) in [6.07, 6.45) is 1.83. The van der Waals surface area contributed by atoms with Crippen molar-refractivity contribution in [1.29, 1.82) is 0 Å². The van der Waals surface area contributed by atoms with E-state index in [9.17, 15) is 0 Å². The van der Waals surface area contributed by atoms with Gasteiger partial charge in [0.15, 0.2) is 0 Å². The molecule has 0 spiro atoms. The van der Waals surface area contributed by atoms with Crippen molar-refractivity contribution in [2.24, 2.45) is 0 Å². The van der Waals surface area contributed by atoms with Crippen molar-refractivity contribution in [3.8, 4) is 0 Å². The van der Waals surface area contributed by atoms with E-state index in [1.165, 1.54) is 0 Å². The summed E-state index contributed by atoms with van der Waals surface area (Å²) in [6.45, 7) is 9.30. The average Bonchev–Trinajstić information content (AvgIpc) is 2.38. The predicted octanol–water partition coefficient (Wildman–Crippen LogP) is 0.794. The number of piperazine rings is 1. The van der Waals surface area contributed by atoms with Crippen LogP contribution in [0.1, 0.15) is 32.2 Å². The van der Waals surface area contributed by atoms with Crippen LogP contribution in [-0.4, -0.2) is 40.9 Å². The van der Waals surface area contributed by atoms with Gasteiger partial charge >= 0.3 is 0 Å². The molecule has 1 aromatic heterocycles. The fourth-order valence-electron chi connectivity index (χ4n) is 2.18. The minimum atomic E-state index is 0.489. The van der Waals surface area contributed by atoms with Crippen LogP contribution < -0.4 is 10.2 Å². The zero-order valence-corrected chi connectivity index (χ0v) is 10.9. The fourth-order valence-corrected chi connectivity index (χ4v) is 2.18. The van der Waals surface area contributed by atoms with Crippen LogP contribution in [0.4, 0.5) is 5.95 Å². The van der Waals surface area contributed by atoms with Crippen LogP contribution >= 0.6 is 0 Å². The quantitative estimate of drug-likeness (QED) is 0.839. The lowest BCUT2D eigenvalue weighted by Gasteiger charge is -2.31. The molecule has 1 aliphatic heterocycles. The SMILES string of the molecule is CCc1nnc(N2CCN[C@@H](C)C2)nc1CC. The number of nitrogens with zero attached hydrogens (tertiary/aromatic N) is 4. The Morgan fingerprint density at radius 3 is 2.65 bits per heavy atom. The number of hydrogen-bond donors (Lipinski definition) is 1. The molecule has 0 aliphatic carbocycles. The Kier molecular flexibility index (Phi) is 3.89. The third-order valence-corrected chi connectivity index (χ3v) is 3.15. The van der Waals surface area contributed by atoms with E-state index < -0.39 is 0 Å². The van der Waals surface area contributed by atoms with Crippen LogP contribution in [0.25, 0.3) is 0 Å². The lowest BCUT2D eigenvalue weighted by Crippen LogP contribution is -2.50.